The Morgan fingerprint density at radius 2 is 1.76 bits per heavy atom. The summed E-state index contributed by atoms with van der Waals surface area (Å²) in [5.74, 6) is 0. The minimum absolute atomic E-state index is 0.650. The van der Waals surface area contributed by atoms with Crippen molar-refractivity contribution >= 4 is 17.4 Å². The van der Waals surface area contributed by atoms with Crippen LogP contribution >= 0.6 is 11.8 Å². The first-order valence-electron chi connectivity index (χ1n) is 7.25. The van der Waals surface area contributed by atoms with Crippen molar-refractivity contribution < 1.29 is 9.47 Å². The average molecular weight is 308 g/mol. The first kappa shape index (κ1) is 17.8. The van der Waals surface area contributed by atoms with E-state index in [0.29, 0.717) is 26.4 Å². The highest BCUT2D eigenvalue weighted by atomic mass is 32.2. The van der Waals surface area contributed by atoms with E-state index in [1.165, 1.54) is 0 Å². The van der Waals surface area contributed by atoms with Crippen LogP contribution in [0.1, 0.15) is 19.4 Å². The second kappa shape index (κ2) is 10.5. The van der Waals surface area contributed by atoms with Crippen LogP contribution in [0, 0.1) is 11.3 Å². The van der Waals surface area contributed by atoms with Gasteiger partial charge in [-0.3, -0.25) is 0 Å². The molecule has 0 saturated carbocycles. The summed E-state index contributed by atoms with van der Waals surface area (Å²) < 4.78 is 10.9. The van der Waals surface area contributed by atoms with Gasteiger partial charge in [0.1, 0.15) is 6.07 Å². The summed E-state index contributed by atoms with van der Waals surface area (Å²) >= 11 is 1.60. The van der Waals surface area contributed by atoms with E-state index in [1.807, 2.05) is 38.3 Å². The molecule has 4 nitrogen and oxygen atoms in total. The van der Waals surface area contributed by atoms with Crippen LogP contribution in [0.25, 0.3) is 0 Å². The highest BCUT2D eigenvalue weighted by molar-refractivity contribution is 7.98. The number of hydrogen-bond donors (Lipinski definition) is 0. The molecule has 1 aromatic carbocycles. The van der Waals surface area contributed by atoms with E-state index in [0.717, 1.165) is 29.2 Å². The summed E-state index contributed by atoms with van der Waals surface area (Å²) in [5.41, 5.74) is 1.70. The van der Waals surface area contributed by atoms with E-state index < -0.39 is 0 Å². The van der Waals surface area contributed by atoms with Gasteiger partial charge in [-0.1, -0.05) is 6.07 Å². The van der Waals surface area contributed by atoms with Crippen LogP contribution in [0.2, 0.25) is 0 Å². The van der Waals surface area contributed by atoms with Gasteiger partial charge < -0.3 is 14.4 Å². The van der Waals surface area contributed by atoms with Crippen LogP contribution in [-0.2, 0) is 9.47 Å². The van der Waals surface area contributed by atoms with Gasteiger partial charge in [0.25, 0.3) is 0 Å². The molecule has 0 N–H and O–H groups in total. The van der Waals surface area contributed by atoms with E-state index in [9.17, 15) is 5.26 Å². The fourth-order valence-electron chi connectivity index (χ4n) is 2.06. The number of nitrogens with zero attached hydrogens (tertiary/aromatic N) is 2. The predicted molar refractivity (Wildman–Crippen MR) is 88.1 cm³/mol. The van der Waals surface area contributed by atoms with Crippen LogP contribution < -0.4 is 4.90 Å². The molecule has 0 bridgehead atoms. The fraction of sp³-hybridized carbons (Fsp3) is 0.562. The third kappa shape index (κ3) is 5.58. The Balaban J connectivity index is 2.92. The van der Waals surface area contributed by atoms with Gasteiger partial charge in [0.05, 0.1) is 24.5 Å². The zero-order valence-corrected chi connectivity index (χ0v) is 13.9. The monoisotopic (exact) mass is 308 g/mol. The number of thioether (sulfide) groups is 1. The Labute approximate surface area is 132 Å². The Kier molecular flexibility index (Phi) is 8.91. The molecule has 0 saturated heterocycles. The molecular weight excluding hydrogens is 284 g/mol. The first-order chi connectivity index (χ1) is 10.3. The maximum absolute atomic E-state index is 9.47. The largest absolute Gasteiger partial charge is 0.380 e. The molecule has 0 radical (unpaired) electrons. The summed E-state index contributed by atoms with van der Waals surface area (Å²) in [6, 6.07) is 8.31. The van der Waals surface area contributed by atoms with Gasteiger partial charge in [0.2, 0.25) is 0 Å². The summed E-state index contributed by atoms with van der Waals surface area (Å²) in [7, 11) is 0. The molecule has 0 unspecified atom stereocenters. The second-order valence-corrected chi connectivity index (χ2v) is 5.20. The highest BCUT2D eigenvalue weighted by Crippen LogP contribution is 2.28. The van der Waals surface area contributed by atoms with Gasteiger partial charge >= 0.3 is 0 Å². The summed E-state index contributed by atoms with van der Waals surface area (Å²) in [6.07, 6.45) is 1.99. The van der Waals surface area contributed by atoms with Crippen molar-refractivity contribution in [3.05, 3.63) is 23.8 Å². The van der Waals surface area contributed by atoms with Crippen LogP contribution in [0.15, 0.2) is 23.1 Å². The van der Waals surface area contributed by atoms with E-state index >= 15 is 0 Å². The third-order valence-corrected chi connectivity index (χ3v) is 3.88. The summed E-state index contributed by atoms with van der Waals surface area (Å²) in [4.78, 5) is 3.18. The van der Waals surface area contributed by atoms with E-state index in [4.69, 9.17) is 9.47 Å². The standard InChI is InChI=1S/C16H24N2O2S/c1-4-19-11-9-18(10-12-20-5-2)15-7-6-8-16(21-3)14(15)13-17/h6-8H,4-5,9-12H2,1-3H3. The van der Waals surface area contributed by atoms with Gasteiger partial charge in [-0.05, 0) is 32.2 Å². The molecule has 21 heavy (non-hydrogen) atoms. The number of hydrogen-bond acceptors (Lipinski definition) is 5. The Morgan fingerprint density at radius 3 is 2.24 bits per heavy atom. The van der Waals surface area contributed by atoms with Crippen LogP contribution in [0.3, 0.4) is 0 Å². The molecule has 0 aliphatic rings. The summed E-state index contributed by atoms with van der Waals surface area (Å²) in [5, 5.41) is 9.47. The van der Waals surface area contributed by atoms with Crippen molar-refractivity contribution in [3.63, 3.8) is 0 Å². The first-order valence-corrected chi connectivity index (χ1v) is 8.48. The minimum Gasteiger partial charge on any atom is -0.380 e. The Bertz CT molecular complexity index is 450. The molecule has 0 aliphatic carbocycles. The van der Waals surface area contributed by atoms with Crippen LogP contribution in [-0.4, -0.2) is 45.8 Å². The Morgan fingerprint density at radius 1 is 1.14 bits per heavy atom. The zero-order chi connectivity index (χ0) is 15.5. The predicted octanol–water partition coefficient (Wildman–Crippen LogP) is 3.16. The number of rotatable bonds is 10. The van der Waals surface area contributed by atoms with Gasteiger partial charge in [-0.2, -0.15) is 5.26 Å². The number of nitriles is 1. The van der Waals surface area contributed by atoms with Crippen molar-refractivity contribution in [2.75, 3.05) is 50.7 Å². The molecule has 0 spiro atoms. The SMILES string of the molecule is CCOCCN(CCOCC)c1cccc(SC)c1C#N. The van der Waals surface area contributed by atoms with Crippen LogP contribution in [0.4, 0.5) is 5.69 Å². The molecule has 116 valence electrons. The fourth-order valence-corrected chi connectivity index (χ4v) is 2.63. The lowest BCUT2D eigenvalue weighted by Crippen LogP contribution is -2.31. The van der Waals surface area contributed by atoms with Gasteiger partial charge in [-0.25, -0.2) is 0 Å². The topological polar surface area (TPSA) is 45.5 Å². The van der Waals surface area contributed by atoms with Crippen molar-refractivity contribution in [3.8, 4) is 6.07 Å². The minimum atomic E-state index is 0.650. The molecular formula is C16H24N2O2S. The smallest absolute Gasteiger partial charge is 0.103 e. The lowest BCUT2D eigenvalue weighted by molar-refractivity contribution is 0.141. The molecule has 0 amide bonds. The molecule has 0 aromatic heterocycles. The molecule has 5 heteroatoms. The third-order valence-electron chi connectivity index (χ3n) is 3.10. The normalized spacial score (nSPS) is 10.4. The number of ether oxygens (including phenoxy) is 2. The molecule has 0 aliphatic heterocycles. The van der Waals surface area contributed by atoms with Crippen molar-refractivity contribution in [2.45, 2.75) is 18.7 Å². The zero-order valence-electron chi connectivity index (χ0n) is 13.1. The lowest BCUT2D eigenvalue weighted by Gasteiger charge is -2.26. The molecule has 0 heterocycles. The van der Waals surface area contributed by atoms with Gasteiger partial charge in [0.15, 0.2) is 0 Å². The lowest BCUT2D eigenvalue weighted by atomic mass is 10.1. The van der Waals surface area contributed by atoms with Gasteiger partial charge in [0, 0.05) is 31.2 Å². The van der Waals surface area contributed by atoms with Crippen molar-refractivity contribution in [2.24, 2.45) is 0 Å². The van der Waals surface area contributed by atoms with Crippen molar-refractivity contribution in [1.29, 1.82) is 5.26 Å². The van der Waals surface area contributed by atoms with E-state index in [1.54, 1.807) is 11.8 Å². The van der Waals surface area contributed by atoms with Crippen molar-refractivity contribution in [1.82, 2.24) is 0 Å². The van der Waals surface area contributed by atoms with Gasteiger partial charge in [-0.15, -0.1) is 11.8 Å². The Hall–Kier alpha value is -1.22. The maximum Gasteiger partial charge on any atom is 0.103 e. The highest BCUT2D eigenvalue weighted by Gasteiger charge is 2.14. The molecule has 0 fully saturated rings. The molecule has 1 aromatic rings. The average Bonchev–Trinajstić information content (AvgIpc) is 2.52. The maximum atomic E-state index is 9.47. The second-order valence-electron chi connectivity index (χ2n) is 4.35. The van der Waals surface area contributed by atoms with E-state index in [-0.39, 0.29) is 0 Å². The molecule has 0 atom stereocenters. The quantitative estimate of drug-likeness (QED) is 0.491. The van der Waals surface area contributed by atoms with E-state index in [2.05, 4.69) is 11.0 Å². The van der Waals surface area contributed by atoms with Crippen LogP contribution in [0.5, 0.6) is 0 Å². The molecule has 1 rings (SSSR count). The number of anilines is 1. The summed E-state index contributed by atoms with van der Waals surface area (Å²) in [6.45, 7) is 8.19. The number of benzene rings is 1.